The van der Waals surface area contributed by atoms with Crippen LogP contribution in [-0.4, -0.2) is 34.7 Å². The molecule has 1 N–H and O–H groups in total. The number of amides is 1. The molecule has 0 saturated carbocycles. The Kier molecular flexibility index (Phi) is 4.93. The summed E-state index contributed by atoms with van der Waals surface area (Å²) >= 11 is 6.57. The third kappa shape index (κ3) is 3.67. The lowest BCUT2D eigenvalue weighted by Gasteiger charge is -2.14. The largest absolute Gasteiger partial charge is 0.482 e. The first-order valence-electron chi connectivity index (χ1n) is 8.13. The first kappa shape index (κ1) is 18.3. The number of nitrogens with zero attached hydrogens (tertiary/aromatic N) is 1. The lowest BCUT2D eigenvalue weighted by molar-refractivity contribution is -0.139. The molecule has 2 heterocycles. The van der Waals surface area contributed by atoms with Gasteiger partial charge in [-0.25, -0.2) is 4.79 Å². The Labute approximate surface area is 169 Å². The van der Waals surface area contributed by atoms with Crippen molar-refractivity contribution in [1.29, 1.82) is 0 Å². The van der Waals surface area contributed by atoms with Crippen LogP contribution in [0.5, 0.6) is 17.2 Å². The first-order chi connectivity index (χ1) is 13.5. The third-order valence-electron chi connectivity index (χ3n) is 3.93. The quantitative estimate of drug-likeness (QED) is 0.588. The van der Waals surface area contributed by atoms with E-state index >= 15 is 0 Å². The molecule has 28 heavy (non-hydrogen) atoms. The number of rotatable bonds is 5. The number of carbonyl (C=O) groups excluding carboxylic acids is 1. The average Bonchev–Trinajstić information content (AvgIpc) is 3.24. The van der Waals surface area contributed by atoms with Crippen LogP contribution in [0.2, 0.25) is 0 Å². The van der Waals surface area contributed by atoms with E-state index in [9.17, 15) is 9.59 Å². The Morgan fingerprint density at radius 1 is 1.25 bits per heavy atom. The minimum Gasteiger partial charge on any atom is -0.482 e. The summed E-state index contributed by atoms with van der Waals surface area (Å²) in [5.41, 5.74) is 1.31. The fourth-order valence-corrected chi connectivity index (χ4v) is 4.00. The lowest BCUT2D eigenvalue weighted by atomic mass is 10.2. The highest BCUT2D eigenvalue weighted by Crippen LogP contribution is 2.40. The van der Waals surface area contributed by atoms with Crippen LogP contribution in [-0.2, 0) is 9.59 Å². The topological polar surface area (TPSA) is 85.3 Å². The van der Waals surface area contributed by atoms with Gasteiger partial charge in [-0.1, -0.05) is 36.1 Å². The van der Waals surface area contributed by atoms with Gasteiger partial charge >= 0.3 is 5.97 Å². The van der Waals surface area contributed by atoms with Gasteiger partial charge in [-0.2, -0.15) is 0 Å². The van der Waals surface area contributed by atoms with E-state index in [0.717, 1.165) is 0 Å². The van der Waals surface area contributed by atoms with E-state index in [1.165, 1.54) is 16.7 Å². The molecule has 0 unspecified atom stereocenters. The van der Waals surface area contributed by atoms with Crippen LogP contribution in [0.3, 0.4) is 0 Å². The van der Waals surface area contributed by atoms with Crippen molar-refractivity contribution < 1.29 is 28.9 Å². The molecule has 2 aliphatic rings. The van der Waals surface area contributed by atoms with E-state index in [2.05, 4.69) is 0 Å². The van der Waals surface area contributed by atoms with Gasteiger partial charge in [0, 0.05) is 6.07 Å². The number of hydrogen-bond donors (Lipinski definition) is 1. The van der Waals surface area contributed by atoms with Crippen LogP contribution in [0.1, 0.15) is 5.56 Å². The molecule has 4 rings (SSSR count). The standard InChI is InChI=1S/C19H13NO6S2/c21-17(22)9-24-13-3-1-2-11(6-13)7-16-18(23)20(19(27)28-16)12-4-5-14-15(8-12)26-10-25-14/h1-8H,9-10H2,(H,21,22)/b16-7+. The van der Waals surface area contributed by atoms with Gasteiger partial charge in [-0.15, -0.1) is 0 Å². The van der Waals surface area contributed by atoms with Crippen LogP contribution in [0.15, 0.2) is 47.4 Å². The fourth-order valence-electron chi connectivity index (χ4n) is 2.71. The highest BCUT2D eigenvalue weighted by Gasteiger charge is 2.34. The van der Waals surface area contributed by atoms with Gasteiger partial charge in [-0.3, -0.25) is 9.69 Å². The molecule has 1 fully saturated rings. The van der Waals surface area contributed by atoms with Crippen molar-refractivity contribution in [2.45, 2.75) is 0 Å². The second-order valence-corrected chi connectivity index (χ2v) is 7.49. The van der Waals surface area contributed by atoms with E-state index in [1.54, 1.807) is 48.5 Å². The first-order valence-corrected chi connectivity index (χ1v) is 9.36. The lowest BCUT2D eigenvalue weighted by Crippen LogP contribution is -2.27. The molecule has 0 radical (unpaired) electrons. The molecular weight excluding hydrogens is 402 g/mol. The van der Waals surface area contributed by atoms with Gasteiger partial charge in [0.2, 0.25) is 6.79 Å². The van der Waals surface area contributed by atoms with Crippen LogP contribution in [0, 0.1) is 0 Å². The maximum absolute atomic E-state index is 12.9. The number of anilines is 1. The summed E-state index contributed by atoms with van der Waals surface area (Å²) in [6.07, 6.45) is 1.69. The summed E-state index contributed by atoms with van der Waals surface area (Å²) < 4.78 is 16.2. The van der Waals surface area contributed by atoms with E-state index < -0.39 is 12.6 Å². The second kappa shape index (κ2) is 7.53. The van der Waals surface area contributed by atoms with E-state index in [-0.39, 0.29) is 12.7 Å². The molecule has 7 nitrogen and oxygen atoms in total. The summed E-state index contributed by atoms with van der Waals surface area (Å²) in [5.74, 6) is 0.296. The van der Waals surface area contributed by atoms with Gasteiger partial charge in [0.25, 0.3) is 5.91 Å². The Bertz CT molecular complexity index is 1020. The number of thiocarbonyl (C=S) groups is 1. The van der Waals surface area contributed by atoms with E-state index in [1.807, 2.05) is 0 Å². The molecule has 0 aliphatic carbocycles. The van der Waals surface area contributed by atoms with Crippen molar-refractivity contribution >= 4 is 51.9 Å². The number of fused-ring (bicyclic) bond motifs is 1. The number of hydrogen-bond acceptors (Lipinski definition) is 7. The number of aliphatic carboxylic acids is 1. The predicted molar refractivity (Wildman–Crippen MR) is 108 cm³/mol. The summed E-state index contributed by atoms with van der Waals surface area (Å²) in [6.45, 7) is -0.285. The zero-order valence-corrected chi connectivity index (χ0v) is 15.9. The number of benzene rings is 2. The van der Waals surface area contributed by atoms with Gasteiger partial charge in [0.15, 0.2) is 22.4 Å². The Morgan fingerprint density at radius 3 is 2.89 bits per heavy atom. The molecule has 2 aromatic carbocycles. The molecule has 2 aliphatic heterocycles. The van der Waals surface area contributed by atoms with Gasteiger partial charge in [0.05, 0.1) is 10.6 Å². The Hall–Kier alpha value is -3.04. The van der Waals surface area contributed by atoms with Crippen molar-refractivity contribution in [3.63, 3.8) is 0 Å². The van der Waals surface area contributed by atoms with Gasteiger partial charge in [0.1, 0.15) is 5.75 Å². The smallest absolute Gasteiger partial charge is 0.341 e. The molecule has 9 heteroatoms. The maximum Gasteiger partial charge on any atom is 0.341 e. The summed E-state index contributed by atoms with van der Waals surface area (Å²) in [4.78, 5) is 25.4. The number of ether oxygens (including phenoxy) is 3. The number of carboxylic acid groups (broad SMARTS) is 1. The molecule has 0 atom stereocenters. The molecule has 142 valence electrons. The highest BCUT2D eigenvalue weighted by atomic mass is 32.2. The minimum atomic E-state index is -1.06. The summed E-state index contributed by atoms with van der Waals surface area (Å²) in [5, 5.41) is 8.71. The number of carbonyl (C=O) groups is 2. The molecular formula is C19H13NO6S2. The van der Waals surface area contributed by atoms with E-state index in [0.29, 0.717) is 37.7 Å². The zero-order chi connectivity index (χ0) is 19.7. The minimum absolute atomic E-state index is 0.150. The molecule has 1 amide bonds. The Balaban J connectivity index is 1.57. The fraction of sp³-hybridized carbons (Fsp3) is 0.105. The second-order valence-electron chi connectivity index (χ2n) is 5.81. The van der Waals surface area contributed by atoms with Crippen LogP contribution in [0.4, 0.5) is 5.69 Å². The number of thioether (sulfide) groups is 1. The van der Waals surface area contributed by atoms with E-state index in [4.69, 9.17) is 31.5 Å². The van der Waals surface area contributed by atoms with Gasteiger partial charge < -0.3 is 19.3 Å². The van der Waals surface area contributed by atoms with Crippen molar-refractivity contribution in [3.05, 3.63) is 52.9 Å². The molecule has 0 aromatic heterocycles. The average molecular weight is 415 g/mol. The summed E-state index contributed by atoms with van der Waals surface area (Å²) in [7, 11) is 0. The van der Waals surface area contributed by atoms with Crippen molar-refractivity contribution in [2.24, 2.45) is 0 Å². The molecule has 1 saturated heterocycles. The molecule has 0 bridgehead atoms. The molecule has 0 spiro atoms. The zero-order valence-electron chi connectivity index (χ0n) is 14.3. The SMILES string of the molecule is O=C(O)COc1cccc(/C=C2/SC(=S)N(c3ccc4c(c3)OCO4)C2=O)c1. The normalized spacial score (nSPS) is 16.7. The maximum atomic E-state index is 12.9. The number of carboxylic acids is 1. The van der Waals surface area contributed by atoms with Crippen molar-refractivity contribution in [2.75, 3.05) is 18.3 Å². The van der Waals surface area contributed by atoms with Crippen LogP contribution >= 0.6 is 24.0 Å². The summed E-state index contributed by atoms with van der Waals surface area (Å²) in [6, 6.07) is 12.0. The predicted octanol–water partition coefficient (Wildman–Crippen LogP) is 3.28. The van der Waals surface area contributed by atoms with Crippen molar-refractivity contribution in [1.82, 2.24) is 0 Å². The Morgan fingerprint density at radius 2 is 2.07 bits per heavy atom. The van der Waals surface area contributed by atoms with Crippen LogP contribution in [0.25, 0.3) is 6.08 Å². The van der Waals surface area contributed by atoms with Crippen LogP contribution < -0.4 is 19.1 Å². The monoisotopic (exact) mass is 415 g/mol. The highest BCUT2D eigenvalue weighted by molar-refractivity contribution is 8.27. The third-order valence-corrected chi connectivity index (χ3v) is 5.23. The van der Waals surface area contributed by atoms with Crippen molar-refractivity contribution in [3.8, 4) is 17.2 Å². The molecule has 2 aromatic rings. The van der Waals surface area contributed by atoms with Gasteiger partial charge in [-0.05, 0) is 35.9 Å².